The third-order valence-electron chi connectivity index (χ3n) is 3.91. The van der Waals surface area contributed by atoms with Crippen LogP contribution in [0.25, 0.3) is 16.8 Å². The van der Waals surface area contributed by atoms with E-state index in [1.807, 2.05) is 73.7 Å². The second-order valence-electron chi connectivity index (χ2n) is 5.32. The summed E-state index contributed by atoms with van der Waals surface area (Å²) in [5, 5.41) is 2.93. The van der Waals surface area contributed by atoms with Gasteiger partial charge in [0, 0.05) is 16.2 Å². The Bertz CT molecular complexity index is 930. The van der Waals surface area contributed by atoms with E-state index in [1.165, 1.54) is 0 Å². The highest BCUT2D eigenvalue weighted by atomic mass is 31.1. The molecule has 0 aliphatic carbocycles. The molecule has 3 aromatic carbocycles. The van der Waals surface area contributed by atoms with Crippen LogP contribution in [0.5, 0.6) is 0 Å². The van der Waals surface area contributed by atoms with Gasteiger partial charge in [0.2, 0.25) is 0 Å². The van der Waals surface area contributed by atoms with Crippen molar-refractivity contribution in [1.82, 2.24) is 0 Å². The summed E-state index contributed by atoms with van der Waals surface area (Å²) in [6.45, 7) is 1.93. The van der Waals surface area contributed by atoms with Gasteiger partial charge in [-0.15, -0.1) is 0 Å². The van der Waals surface area contributed by atoms with E-state index in [-0.39, 0.29) is 8.51 Å². The quantitative estimate of drug-likeness (QED) is 0.471. The molecule has 0 radical (unpaired) electrons. The maximum absolute atomic E-state index is 14.1. The third-order valence-corrected chi connectivity index (χ3v) is 5.17. The minimum atomic E-state index is -0.879. The second kappa shape index (κ2) is 7.79. The number of fused-ring (bicyclic) bond motifs is 1. The number of hydrogen-bond donors (Lipinski definition) is 0. The zero-order chi connectivity index (χ0) is 16.9. The van der Waals surface area contributed by atoms with Gasteiger partial charge in [-0.3, -0.25) is 0 Å². The van der Waals surface area contributed by atoms with Crippen molar-refractivity contribution in [3.8, 4) is 0 Å². The van der Waals surface area contributed by atoms with E-state index in [2.05, 4.69) is 0 Å². The molecular weight excluding hydrogens is 340 g/mol. The van der Waals surface area contributed by atoms with E-state index in [1.54, 1.807) is 6.07 Å². The lowest BCUT2D eigenvalue weighted by molar-refractivity contribution is 0.929. The van der Waals surface area contributed by atoms with Crippen molar-refractivity contribution in [1.29, 1.82) is 0 Å². The fourth-order valence-corrected chi connectivity index (χ4v) is 4.09. The summed E-state index contributed by atoms with van der Waals surface area (Å²) in [6.07, 6.45) is 3.87. The molecule has 1 unspecified atom stereocenters. The maximum Gasteiger partial charge on any atom is 0.122 e. The summed E-state index contributed by atoms with van der Waals surface area (Å²) in [4.78, 5) is 0. The Kier molecular flexibility index (Phi) is 5.51. The molecule has 120 valence electrons. The minimum Gasteiger partial charge on any atom is -0.225 e. The molecule has 3 aromatic rings. The molecule has 0 bridgehead atoms. The summed E-state index contributed by atoms with van der Waals surface area (Å²) in [6, 6.07) is 19.0. The summed E-state index contributed by atoms with van der Waals surface area (Å²) >= 11 is 0. The monoisotopic (exact) mass is 356 g/mol. The van der Waals surface area contributed by atoms with Crippen molar-refractivity contribution >= 4 is 44.9 Å². The molecule has 0 amide bonds. The lowest BCUT2D eigenvalue weighted by Crippen LogP contribution is -2.13. The molecule has 3 rings (SSSR count). The van der Waals surface area contributed by atoms with Crippen LogP contribution in [0.15, 0.2) is 66.7 Å². The summed E-state index contributed by atoms with van der Waals surface area (Å²) in [5.74, 6) is 0. The molecule has 24 heavy (non-hydrogen) atoms. The van der Waals surface area contributed by atoms with Crippen LogP contribution in [0.3, 0.4) is 0 Å². The molecule has 0 aromatic heterocycles. The molecule has 0 nitrogen and oxygen atoms in total. The Hall–Kier alpha value is -1.88. The number of allylic oxidation sites excluding steroid dienone is 1. The molecule has 0 heterocycles. The highest BCUT2D eigenvalue weighted by Gasteiger charge is 2.17. The van der Waals surface area contributed by atoms with Gasteiger partial charge in [0.1, 0.15) is 8.51 Å². The summed E-state index contributed by atoms with van der Waals surface area (Å²) in [5.41, 5.74) is 2.41. The van der Waals surface area contributed by atoms with E-state index in [9.17, 15) is 8.39 Å². The van der Waals surface area contributed by atoms with Crippen LogP contribution in [0.1, 0.15) is 23.6 Å². The standard InChI is InChI=1S/C20H16F2P2/c1-2-7-14-8-4-6-11-17(14)20(24-22)19-16-10-5-3-9-15(16)12-13-18(19)23-21/h2-13,23H,1H3/b7-2-. The van der Waals surface area contributed by atoms with Crippen LogP contribution >= 0.6 is 17.4 Å². The van der Waals surface area contributed by atoms with Gasteiger partial charge in [-0.2, -0.15) is 4.20 Å². The van der Waals surface area contributed by atoms with E-state index < -0.39 is 8.89 Å². The Morgan fingerprint density at radius 1 is 1.00 bits per heavy atom. The summed E-state index contributed by atoms with van der Waals surface area (Å²) < 4.78 is 27.7. The Morgan fingerprint density at radius 2 is 1.75 bits per heavy atom. The topological polar surface area (TPSA) is 0 Å². The third kappa shape index (κ3) is 3.18. The molecular formula is C20H16F2P2. The molecule has 0 saturated heterocycles. The number of halogens is 2. The van der Waals surface area contributed by atoms with Crippen LogP contribution in [0.2, 0.25) is 0 Å². The predicted octanol–water partition coefficient (Wildman–Crippen LogP) is 6.46. The van der Waals surface area contributed by atoms with Gasteiger partial charge >= 0.3 is 0 Å². The zero-order valence-corrected chi connectivity index (χ0v) is 15.0. The predicted molar refractivity (Wildman–Crippen MR) is 105 cm³/mol. The van der Waals surface area contributed by atoms with Crippen LogP contribution in [0.4, 0.5) is 8.39 Å². The first kappa shape index (κ1) is 17.0. The van der Waals surface area contributed by atoms with Crippen molar-refractivity contribution < 1.29 is 8.39 Å². The Balaban J connectivity index is 2.33. The van der Waals surface area contributed by atoms with Gasteiger partial charge in [0.15, 0.2) is 0 Å². The van der Waals surface area contributed by atoms with Gasteiger partial charge in [0.25, 0.3) is 0 Å². The van der Waals surface area contributed by atoms with E-state index in [0.29, 0.717) is 16.2 Å². The fourth-order valence-electron chi connectivity index (χ4n) is 2.87. The summed E-state index contributed by atoms with van der Waals surface area (Å²) in [7, 11) is -1.24. The Labute approximate surface area is 144 Å². The highest BCUT2D eigenvalue weighted by molar-refractivity contribution is 7.43. The Morgan fingerprint density at radius 3 is 2.50 bits per heavy atom. The number of hydrogen-bond acceptors (Lipinski definition) is 0. The van der Waals surface area contributed by atoms with Gasteiger partial charge in [-0.25, -0.2) is 4.20 Å². The van der Waals surface area contributed by atoms with Crippen LogP contribution in [-0.4, -0.2) is 5.29 Å². The van der Waals surface area contributed by atoms with Crippen molar-refractivity contribution in [3.63, 3.8) is 0 Å². The molecule has 0 aliphatic rings. The van der Waals surface area contributed by atoms with Crippen molar-refractivity contribution in [2.24, 2.45) is 0 Å². The highest BCUT2D eigenvalue weighted by Crippen LogP contribution is 2.30. The number of benzene rings is 3. The maximum atomic E-state index is 14.1. The SMILES string of the molecule is C/C=C\c1ccccc1C(=PF)c1c(PF)ccc2ccccc12. The molecule has 0 aliphatic heterocycles. The van der Waals surface area contributed by atoms with Gasteiger partial charge in [-0.05, 0) is 28.8 Å². The largest absolute Gasteiger partial charge is 0.225 e. The van der Waals surface area contributed by atoms with Gasteiger partial charge in [0.05, 0.1) is 8.89 Å². The second-order valence-corrected chi connectivity index (χ2v) is 6.67. The first-order chi connectivity index (χ1) is 11.8. The first-order valence-corrected chi connectivity index (χ1v) is 9.26. The average molecular weight is 356 g/mol. The lowest BCUT2D eigenvalue weighted by atomic mass is 9.95. The number of rotatable bonds is 4. The zero-order valence-electron chi connectivity index (χ0n) is 13.1. The van der Waals surface area contributed by atoms with Gasteiger partial charge in [-0.1, -0.05) is 72.8 Å². The smallest absolute Gasteiger partial charge is 0.122 e. The van der Waals surface area contributed by atoms with E-state index in [4.69, 9.17) is 0 Å². The van der Waals surface area contributed by atoms with Crippen molar-refractivity contribution in [2.45, 2.75) is 6.92 Å². The van der Waals surface area contributed by atoms with Crippen LogP contribution in [0, 0.1) is 0 Å². The van der Waals surface area contributed by atoms with Gasteiger partial charge < -0.3 is 0 Å². The van der Waals surface area contributed by atoms with Crippen molar-refractivity contribution in [3.05, 3.63) is 83.4 Å². The first-order valence-electron chi connectivity index (χ1n) is 7.60. The molecule has 0 N–H and O–H groups in total. The normalized spacial score (nSPS) is 12.7. The van der Waals surface area contributed by atoms with E-state index >= 15 is 0 Å². The molecule has 0 saturated carbocycles. The molecule has 4 heteroatoms. The molecule has 1 atom stereocenters. The van der Waals surface area contributed by atoms with Crippen molar-refractivity contribution in [2.75, 3.05) is 0 Å². The fraction of sp³-hybridized carbons (Fsp3) is 0.0500. The molecule has 0 fully saturated rings. The van der Waals surface area contributed by atoms with Crippen LogP contribution in [-0.2, 0) is 0 Å². The molecule has 0 spiro atoms. The lowest BCUT2D eigenvalue weighted by Gasteiger charge is -2.15. The minimum absolute atomic E-state index is 0.366. The average Bonchev–Trinajstić information content (AvgIpc) is 2.64. The van der Waals surface area contributed by atoms with E-state index in [0.717, 1.165) is 21.9 Å². The van der Waals surface area contributed by atoms with Crippen LogP contribution < -0.4 is 5.30 Å².